The molecule has 2 heterocycles. The summed E-state index contributed by atoms with van der Waals surface area (Å²) in [6, 6.07) is 0. The van der Waals surface area contributed by atoms with Crippen molar-refractivity contribution in [3.63, 3.8) is 0 Å². The van der Waals surface area contributed by atoms with Crippen LogP contribution >= 0.6 is 11.6 Å². The van der Waals surface area contributed by atoms with Crippen molar-refractivity contribution >= 4 is 17.4 Å². The van der Waals surface area contributed by atoms with E-state index in [1.165, 1.54) is 0 Å². The summed E-state index contributed by atoms with van der Waals surface area (Å²) < 4.78 is 0. The van der Waals surface area contributed by atoms with Crippen molar-refractivity contribution in [2.45, 2.75) is 6.54 Å². The van der Waals surface area contributed by atoms with Crippen molar-refractivity contribution in [3.05, 3.63) is 35.8 Å². The van der Waals surface area contributed by atoms with E-state index < -0.39 is 0 Å². The molecule has 0 aliphatic carbocycles. The highest BCUT2D eigenvalue weighted by Crippen LogP contribution is 2.14. The number of imidazole rings is 1. The van der Waals surface area contributed by atoms with Gasteiger partial charge in [0.2, 0.25) is 0 Å². The van der Waals surface area contributed by atoms with Crippen molar-refractivity contribution in [2.24, 2.45) is 0 Å². The number of hydrogen-bond acceptors (Lipinski definition) is 4. The number of aromatic amines is 1. The summed E-state index contributed by atoms with van der Waals surface area (Å²) in [5.41, 5.74) is 0. The molecule has 2 N–H and O–H groups in total. The summed E-state index contributed by atoms with van der Waals surface area (Å²) in [5.74, 6) is 1.39. The van der Waals surface area contributed by atoms with Gasteiger partial charge in [0.05, 0.1) is 6.54 Å². The third-order valence-electron chi connectivity index (χ3n) is 1.63. The smallest absolute Gasteiger partial charge is 0.171 e. The fourth-order valence-corrected chi connectivity index (χ4v) is 1.17. The SMILES string of the molecule is Clc1nccnc1NCc1ncc[nH]1. The minimum Gasteiger partial charge on any atom is -0.360 e. The molecule has 0 atom stereocenters. The lowest BCUT2D eigenvalue weighted by atomic mass is 10.5. The zero-order valence-electron chi connectivity index (χ0n) is 7.24. The van der Waals surface area contributed by atoms with Crippen molar-refractivity contribution in [2.75, 3.05) is 5.32 Å². The standard InChI is InChI=1S/C8H8ClN5/c9-7-8(13-4-3-12-7)14-5-6-10-1-2-11-6/h1-4H,5H2,(H,10,11)(H,13,14). The largest absolute Gasteiger partial charge is 0.360 e. The fourth-order valence-electron chi connectivity index (χ4n) is 1.00. The molecule has 0 bridgehead atoms. The molecule has 72 valence electrons. The molecule has 0 aliphatic rings. The van der Waals surface area contributed by atoms with Gasteiger partial charge in [-0.05, 0) is 0 Å². The van der Waals surface area contributed by atoms with Crippen LogP contribution in [0.1, 0.15) is 5.82 Å². The maximum absolute atomic E-state index is 5.80. The molecule has 14 heavy (non-hydrogen) atoms. The molecule has 2 aromatic heterocycles. The summed E-state index contributed by atoms with van der Waals surface area (Å²) in [6.45, 7) is 0.547. The lowest BCUT2D eigenvalue weighted by molar-refractivity contribution is 0.982. The average molecular weight is 210 g/mol. The lowest BCUT2D eigenvalue weighted by Gasteiger charge is -2.03. The van der Waals surface area contributed by atoms with E-state index in [1.54, 1.807) is 24.8 Å². The van der Waals surface area contributed by atoms with E-state index in [2.05, 4.69) is 25.3 Å². The number of aromatic nitrogens is 4. The molecule has 6 heteroatoms. The second-order valence-corrected chi connectivity index (χ2v) is 2.94. The minimum atomic E-state index is 0.360. The van der Waals surface area contributed by atoms with E-state index in [1.807, 2.05) is 0 Å². The van der Waals surface area contributed by atoms with Crippen molar-refractivity contribution < 1.29 is 0 Å². The molecule has 0 unspecified atom stereocenters. The van der Waals surface area contributed by atoms with Crippen LogP contribution in [0.2, 0.25) is 5.15 Å². The lowest BCUT2D eigenvalue weighted by Crippen LogP contribution is -2.03. The van der Waals surface area contributed by atoms with E-state index in [9.17, 15) is 0 Å². The van der Waals surface area contributed by atoms with E-state index in [4.69, 9.17) is 11.6 Å². The number of anilines is 1. The van der Waals surface area contributed by atoms with Crippen LogP contribution in [0.25, 0.3) is 0 Å². The van der Waals surface area contributed by atoms with E-state index in [-0.39, 0.29) is 0 Å². The van der Waals surface area contributed by atoms with Gasteiger partial charge in [-0.3, -0.25) is 0 Å². The first-order valence-corrected chi connectivity index (χ1v) is 4.42. The van der Waals surface area contributed by atoms with Gasteiger partial charge in [0.1, 0.15) is 5.82 Å². The van der Waals surface area contributed by atoms with Gasteiger partial charge in [-0.25, -0.2) is 15.0 Å². The zero-order valence-corrected chi connectivity index (χ0v) is 7.99. The molecule has 2 aromatic rings. The highest BCUT2D eigenvalue weighted by Gasteiger charge is 2.01. The van der Waals surface area contributed by atoms with E-state index in [0.717, 1.165) is 5.82 Å². The van der Waals surface area contributed by atoms with Gasteiger partial charge in [0.15, 0.2) is 11.0 Å². The molecule has 0 saturated heterocycles. The predicted molar refractivity (Wildman–Crippen MR) is 53.0 cm³/mol. The molecule has 0 radical (unpaired) electrons. The Labute approximate surface area is 85.6 Å². The van der Waals surface area contributed by atoms with Gasteiger partial charge in [-0.15, -0.1) is 0 Å². The first-order chi connectivity index (χ1) is 6.86. The van der Waals surface area contributed by atoms with Crippen molar-refractivity contribution in [1.29, 1.82) is 0 Å². The molecule has 0 saturated carbocycles. The normalized spacial score (nSPS) is 10.1. The number of H-pyrrole nitrogens is 1. The summed E-state index contributed by atoms with van der Waals surface area (Å²) in [7, 11) is 0. The molecule has 5 nitrogen and oxygen atoms in total. The van der Waals surface area contributed by atoms with Gasteiger partial charge < -0.3 is 10.3 Å². The number of nitrogens with one attached hydrogen (secondary N) is 2. The summed E-state index contributed by atoms with van der Waals surface area (Å²) >= 11 is 5.80. The van der Waals surface area contributed by atoms with Gasteiger partial charge in [0.25, 0.3) is 0 Å². The number of hydrogen-bond donors (Lipinski definition) is 2. The van der Waals surface area contributed by atoms with Gasteiger partial charge >= 0.3 is 0 Å². The number of halogens is 1. The Bertz CT molecular complexity index is 400. The van der Waals surface area contributed by atoms with Gasteiger partial charge in [-0.1, -0.05) is 11.6 Å². The second kappa shape index (κ2) is 4.06. The van der Waals surface area contributed by atoms with Crippen LogP contribution in [0, 0.1) is 0 Å². The molecule has 0 spiro atoms. The Morgan fingerprint density at radius 3 is 2.79 bits per heavy atom. The Kier molecular flexibility index (Phi) is 2.60. The van der Waals surface area contributed by atoms with Crippen LogP contribution in [0.3, 0.4) is 0 Å². The molecular formula is C8H8ClN5. The first kappa shape index (κ1) is 8.96. The molecule has 0 aromatic carbocycles. The average Bonchev–Trinajstić information content (AvgIpc) is 2.69. The van der Waals surface area contributed by atoms with Crippen LogP contribution in [0.5, 0.6) is 0 Å². The zero-order chi connectivity index (χ0) is 9.80. The van der Waals surface area contributed by atoms with Gasteiger partial charge in [-0.2, -0.15) is 0 Å². The third-order valence-corrected chi connectivity index (χ3v) is 1.91. The van der Waals surface area contributed by atoms with Crippen LogP contribution in [0.15, 0.2) is 24.8 Å². The van der Waals surface area contributed by atoms with Crippen LogP contribution in [-0.2, 0) is 6.54 Å². The highest BCUT2D eigenvalue weighted by atomic mass is 35.5. The summed E-state index contributed by atoms with van der Waals surface area (Å²) in [5, 5.41) is 3.38. The Balaban J connectivity index is 2.02. The number of nitrogens with zero attached hydrogens (tertiary/aromatic N) is 3. The van der Waals surface area contributed by atoms with E-state index >= 15 is 0 Å². The molecule has 0 fully saturated rings. The maximum atomic E-state index is 5.80. The Morgan fingerprint density at radius 1 is 1.21 bits per heavy atom. The fraction of sp³-hybridized carbons (Fsp3) is 0.125. The molecule has 0 amide bonds. The quantitative estimate of drug-likeness (QED) is 0.804. The Morgan fingerprint density at radius 2 is 2.07 bits per heavy atom. The van der Waals surface area contributed by atoms with Gasteiger partial charge in [0, 0.05) is 24.8 Å². The van der Waals surface area contributed by atoms with Crippen LogP contribution < -0.4 is 5.32 Å². The highest BCUT2D eigenvalue weighted by molar-refractivity contribution is 6.31. The maximum Gasteiger partial charge on any atom is 0.171 e. The summed E-state index contributed by atoms with van der Waals surface area (Å²) in [6.07, 6.45) is 6.57. The minimum absolute atomic E-state index is 0.360. The topological polar surface area (TPSA) is 66.5 Å². The molecular weight excluding hydrogens is 202 g/mol. The second-order valence-electron chi connectivity index (χ2n) is 2.59. The predicted octanol–water partition coefficient (Wildman–Crippen LogP) is 1.47. The Hall–Kier alpha value is -1.62. The van der Waals surface area contributed by atoms with Crippen LogP contribution in [0.4, 0.5) is 5.82 Å². The van der Waals surface area contributed by atoms with Crippen LogP contribution in [-0.4, -0.2) is 19.9 Å². The van der Waals surface area contributed by atoms with Crippen molar-refractivity contribution in [3.8, 4) is 0 Å². The van der Waals surface area contributed by atoms with Crippen molar-refractivity contribution in [1.82, 2.24) is 19.9 Å². The summed E-state index contributed by atoms with van der Waals surface area (Å²) in [4.78, 5) is 14.9. The third kappa shape index (κ3) is 2.00. The first-order valence-electron chi connectivity index (χ1n) is 4.05. The molecule has 0 aliphatic heterocycles. The number of rotatable bonds is 3. The van der Waals surface area contributed by atoms with E-state index in [0.29, 0.717) is 17.5 Å². The molecule has 2 rings (SSSR count). The monoisotopic (exact) mass is 209 g/mol.